The van der Waals surface area contributed by atoms with Crippen molar-refractivity contribution in [2.45, 2.75) is 25.7 Å². The predicted molar refractivity (Wildman–Crippen MR) is 107 cm³/mol. The molecular weight excluding hydrogens is 338 g/mol. The van der Waals surface area contributed by atoms with Crippen LogP contribution in [0.5, 0.6) is 0 Å². The van der Waals surface area contributed by atoms with E-state index in [4.69, 9.17) is 0 Å². The number of benzene rings is 2. The SMILES string of the molecule is O=C(Nc1ccc(N2CCCC2)cc1)c1ccc(C(=O)N2CCCC2)cc1. The minimum Gasteiger partial charge on any atom is -0.372 e. The largest absolute Gasteiger partial charge is 0.372 e. The van der Waals surface area contributed by atoms with Gasteiger partial charge in [0.15, 0.2) is 0 Å². The second-order valence-electron chi connectivity index (χ2n) is 7.27. The van der Waals surface area contributed by atoms with Crippen LogP contribution in [0.15, 0.2) is 48.5 Å². The summed E-state index contributed by atoms with van der Waals surface area (Å²) in [4.78, 5) is 29.1. The van der Waals surface area contributed by atoms with Gasteiger partial charge in [0, 0.05) is 48.7 Å². The molecule has 140 valence electrons. The minimum absolute atomic E-state index is 0.0527. The molecule has 4 rings (SSSR count). The highest BCUT2D eigenvalue weighted by Gasteiger charge is 2.19. The lowest BCUT2D eigenvalue weighted by Crippen LogP contribution is -2.27. The van der Waals surface area contributed by atoms with Crippen LogP contribution in [0.3, 0.4) is 0 Å². The highest BCUT2D eigenvalue weighted by atomic mass is 16.2. The van der Waals surface area contributed by atoms with Gasteiger partial charge in [-0.25, -0.2) is 0 Å². The van der Waals surface area contributed by atoms with Crippen molar-refractivity contribution >= 4 is 23.2 Å². The molecule has 2 heterocycles. The van der Waals surface area contributed by atoms with E-state index in [2.05, 4.69) is 22.3 Å². The van der Waals surface area contributed by atoms with Gasteiger partial charge in [-0.05, 0) is 74.2 Å². The van der Waals surface area contributed by atoms with Gasteiger partial charge >= 0.3 is 0 Å². The Labute approximate surface area is 160 Å². The molecule has 0 unspecified atom stereocenters. The maximum Gasteiger partial charge on any atom is 0.255 e. The maximum atomic E-state index is 12.5. The van der Waals surface area contributed by atoms with E-state index in [-0.39, 0.29) is 11.8 Å². The molecule has 2 aromatic rings. The lowest BCUT2D eigenvalue weighted by Gasteiger charge is -2.18. The molecule has 0 radical (unpaired) electrons. The number of rotatable bonds is 4. The van der Waals surface area contributed by atoms with E-state index in [0.29, 0.717) is 11.1 Å². The van der Waals surface area contributed by atoms with Crippen LogP contribution in [0.25, 0.3) is 0 Å². The Hall–Kier alpha value is -2.82. The summed E-state index contributed by atoms with van der Waals surface area (Å²) in [7, 11) is 0. The number of nitrogens with zero attached hydrogens (tertiary/aromatic N) is 2. The molecule has 1 N–H and O–H groups in total. The van der Waals surface area contributed by atoms with Gasteiger partial charge in [0.2, 0.25) is 0 Å². The molecule has 0 atom stereocenters. The van der Waals surface area contributed by atoms with Crippen molar-refractivity contribution in [3.05, 3.63) is 59.7 Å². The van der Waals surface area contributed by atoms with Gasteiger partial charge in [0.05, 0.1) is 0 Å². The van der Waals surface area contributed by atoms with Crippen molar-refractivity contribution in [1.29, 1.82) is 0 Å². The Morgan fingerprint density at radius 3 is 1.89 bits per heavy atom. The third-order valence-electron chi connectivity index (χ3n) is 5.38. The second-order valence-corrected chi connectivity index (χ2v) is 7.27. The number of hydrogen-bond donors (Lipinski definition) is 1. The normalized spacial score (nSPS) is 16.6. The van der Waals surface area contributed by atoms with E-state index in [9.17, 15) is 9.59 Å². The standard InChI is InChI=1S/C22H25N3O2/c26-21(23-19-9-11-20(12-10-19)24-13-1-2-14-24)17-5-7-18(8-6-17)22(27)25-15-3-4-16-25/h5-12H,1-4,13-16H2,(H,23,26). The van der Waals surface area contributed by atoms with Crippen LogP contribution in [0.4, 0.5) is 11.4 Å². The molecule has 2 fully saturated rings. The topological polar surface area (TPSA) is 52.7 Å². The van der Waals surface area contributed by atoms with E-state index in [1.54, 1.807) is 24.3 Å². The molecular formula is C22H25N3O2. The molecule has 27 heavy (non-hydrogen) atoms. The van der Waals surface area contributed by atoms with Crippen molar-refractivity contribution in [2.75, 3.05) is 36.4 Å². The van der Waals surface area contributed by atoms with E-state index >= 15 is 0 Å². The van der Waals surface area contributed by atoms with Crippen LogP contribution in [-0.2, 0) is 0 Å². The fraction of sp³-hybridized carbons (Fsp3) is 0.364. The Kier molecular flexibility index (Phi) is 5.10. The Morgan fingerprint density at radius 2 is 1.26 bits per heavy atom. The van der Waals surface area contributed by atoms with E-state index < -0.39 is 0 Å². The first-order valence-electron chi connectivity index (χ1n) is 9.76. The molecule has 0 aliphatic carbocycles. The highest BCUT2D eigenvalue weighted by Crippen LogP contribution is 2.22. The third-order valence-corrected chi connectivity index (χ3v) is 5.38. The summed E-state index contributed by atoms with van der Waals surface area (Å²) in [6, 6.07) is 14.9. The summed E-state index contributed by atoms with van der Waals surface area (Å²) in [5, 5.41) is 2.93. The Balaban J connectivity index is 1.38. The lowest BCUT2D eigenvalue weighted by atomic mass is 10.1. The monoisotopic (exact) mass is 363 g/mol. The second kappa shape index (κ2) is 7.82. The van der Waals surface area contributed by atoms with Crippen LogP contribution < -0.4 is 10.2 Å². The molecule has 2 aliphatic rings. The van der Waals surface area contributed by atoms with Gasteiger partial charge in [-0.15, -0.1) is 0 Å². The van der Waals surface area contributed by atoms with Gasteiger partial charge in [0.25, 0.3) is 11.8 Å². The molecule has 2 aromatic carbocycles. The number of nitrogens with one attached hydrogen (secondary N) is 1. The number of anilines is 2. The summed E-state index contributed by atoms with van der Waals surface area (Å²) < 4.78 is 0. The molecule has 2 aliphatic heterocycles. The molecule has 5 nitrogen and oxygen atoms in total. The zero-order chi connectivity index (χ0) is 18.6. The van der Waals surface area contributed by atoms with Crippen molar-refractivity contribution in [3.8, 4) is 0 Å². The zero-order valence-corrected chi connectivity index (χ0v) is 15.5. The van der Waals surface area contributed by atoms with Gasteiger partial charge in [0.1, 0.15) is 0 Å². The third kappa shape index (κ3) is 3.97. The number of amides is 2. The van der Waals surface area contributed by atoms with Crippen LogP contribution >= 0.6 is 0 Å². The van der Waals surface area contributed by atoms with Crippen molar-refractivity contribution in [1.82, 2.24) is 4.90 Å². The molecule has 0 aromatic heterocycles. The number of likely N-dealkylation sites (tertiary alicyclic amines) is 1. The number of carbonyl (C=O) groups is 2. The summed E-state index contributed by atoms with van der Waals surface area (Å²) in [6.45, 7) is 3.87. The molecule has 0 spiro atoms. The van der Waals surface area contributed by atoms with Gasteiger partial charge in [-0.1, -0.05) is 0 Å². The number of carbonyl (C=O) groups excluding carboxylic acids is 2. The zero-order valence-electron chi connectivity index (χ0n) is 15.5. The van der Waals surface area contributed by atoms with Crippen LogP contribution in [0.1, 0.15) is 46.4 Å². The average Bonchev–Trinajstić information content (AvgIpc) is 3.42. The van der Waals surface area contributed by atoms with E-state index in [1.807, 2.05) is 17.0 Å². The molecule has 0 saturated carbocycles. The van der Waals surface area contributed by atoms with E-state index in [0.717, 1.165) is 44.7 Å². The van der Waals surface area contributed by atoms with Crippen LogP contribution in [0, 0.1) is 0 Å². The Bertz CT molecular complexity index is 802. The summed E-state index contributed by atoms with van der Waals surface area (Å²) in [5.74, 6) is -0.110. The molecule has 2 amide bonds. The van der Waals surface area contributed by atoms with Crippen LogP contribution in [0.2, 0.25) is 0 Å². The highest BCUT2D eigenvalue weighted by molar-refractivity contribution is 6.05. The fourth-order valence-corrected chi connectivity index (χ4v) is 3.80. The van der Waals surface area contributed by atoms with Gasteiger partial charge < -0.3 is 15.1 Å². The van der Waals surface area contributed by atoms with Gasteiger partial charge in [-0.3, -0.25) is 9.59 Å². The Morgan fingerprint density at radius 1 is 0.704 bits per heavy atom. The minimum atomic E-state index is -0.163. The molecule has 0 bridgehead atoms. The summed E-state index contributed by atoms with van der Waals surface area (Å²) in [5.41, 5.74) is 3.18. The molecule has 2 saturated heterocycles. The summed E-state index contributed by atoms with van der Waals surface area (Å²) in [6.07, 6.45) is 4.63. The van der Waals surface area contributed by atoms with E-state index in [1.165, 1.54) is 18.5 Å². The maximum absolute atomic E-state index is 12.5. The van der Waals surface area contributed by atoms with Crippen molar-refractivity contribution in [3.63, 3.8) is 0 Å². The fourth-order valence-electron chi connectivity index (χ4n) is 3.80. The van der Waals surface area contributed by atoms with Gasteiger partial charge in [-0.2, -0.15) is 0 Å². The lowest BCUT2D eigenvalue weighted by molar-refractivity contribution is 0.0792. The average molecular weight is 363 g/mol. The number of hydrogen-bond acceptors (Lipinski definition) is 3. The quantitative estimate of drug-likeness (QED) is 0.899. The first-order chi connectivity index (χ1) is 13.2. The summed E-state index contributed by atoms with van der Waals surface area (Å²) >= 11 is 0. The predicted octanol–water partition coefficient (Wildman–Crippen LogP) is 3.78. The first-order valence-corrected chi connectivity index (χ1v) is 9.76. The molecule has 5 heteroatoms. The smallest absolute Gasteiger partial charge is 0.255 e. The van der Waals surface area contributed by atoms with Crippen molar-refractivity contribution < 1.29 is 9.59 Å². The first kappa shape index (κ1) is 17.6. The van der Waals surface area contributed by atoms with Crippen LogP contribution in [-0.4, -0.2) is 42.9 Å². The van der Waals surface area contributed by atoms with Crippen molar-refractivity contribution in [2.24, 2.45) is 0 Å².